The molecule has 1 aromatic rings. The molecule has 1 aliphatic rings. The van der Waals surface area contributed by atoms with Gasteiger partial charge in [0.15, 0.2) is 5.89 Å². The number of hydrogen-bond acceptors (Lipinski definition) is 4. The smallest absolute Gasteiger partial charge is 0.196 e. The van der Waals surface area contributed by atoms with Crippen molar-refractivity contribution in [2.45, 2.75) is 71.9 Å². The van der Waals surface area contributed by atoms with Crippen molar-refractivity contribution in [1.82, 2.24) is 10.3 Å². The lowest BCUT2D eigenvalue weighted by Crippen LogP contribution is -2.35. The highest BCUT2D eigenvalue weighted by molar-refractivity contribution is 5.15. The van der Waals surface area contributed by atoms with Crippen LogP contribution in [0.15, 0.2) is 4.42 Å². The number of piperidine rings is 1. The summed E-state index contributed by atoms with van der Waals surface area (Å²) in [7, 11) is 0. The summed E-state index contributed by atoms with van der Waals surface area (Å²) in [6, 6.07) is 0.469. The normalized spacial score (nSPS) is 19.8. The second kappa shape index (κ2) is 7.06. The number of nitrogens with zero attached hydrogens (tertiary/aromatic N) is 1. The molecule has 0 bridgehead atoms. The summed E-state index contributed by atoms with van der Waals surface area (Å²) >= 11 is 0. The van der Waals surface area contributed by atoms with Crippen LogP contribution in [0.1, 0.15) is 64.3 Å². The molecule has 1 aliphatic heterocycles. The fourth-order valence-corrected chi connectivity index (χ4v) is 2.42. The topological polar surface area (TPSA) is 58.3 Å². The van der Waals surface area contributed by atoms with Gasteiger partial charge in [0, 0.05) is 12.5 Å². The fraction of sp³-hybridized carbons (Fsp3) is 0.800. The van der Waals surface area contributed by atoms with Gasteiger partial charge in [0.2, 0.25) is 0 Å². The van der Waals surface area contributed by atoms with Gasteiger partial charge in [0.1, 0.15) is 17.1 Å². The zero-order chi connectivity index (χ0) is 14.5. The van der Waals surface area contributed by atoms with Crippen LogP contribution in [0.5, 0.6) is 0 Å². The van der Waals surface area contributed by atoms with Gasteiger partial charge >= 0.3 is 0 Å². The van der Waals surface area contributed by atoms with Crippen molar-refractivity contribution in [2.24, 2.45) is 0 Å². The Kier molecular flexibility index (Phi) is 6.01. The van der Waals surface area contributed by atoms with E-state index in [4.69, 9.17) is 4.42 Å². The molecule has 4 heteroatoms. The van der Waals surface area contributed by atoms with Crippen molar-refractivity contribution in [3.05, 3.63) is 17.3 Å². The summed E-state index contributed by atoms with van der Waals surface area (Å²) < 4.78 is 5.63. The minimum absolute atomic E-state index is 0.469. The predicted molar refractivity (Wildman–Crippen MR) is 77.2 cm³/mol. The van der Waals surface area contributed by atoms with Crippen LogP contribution < -0.4 is 5.32 Å². The van der Waals surface area contributed by atoms with Gasteiger partial charge in [-0.1, -0.05) is 20.3 Å². The van der Waals surface area contributed by atoms with Gasteiger partial charge in [0.25, 0.3) is 0 Å². The Balaban J connectivity index is 0.000000861. The highest BCUT2D eigenvalue weighted by Crippen LogP contribution is 2.24. The Morgan fingerprint density at radius 2 is 2.05 bits per heavy atom. The van der Waals surface area contributed by atoms with E-state index in [1.54, 1.807) is 13.8 Å². The third-order valence-electron chi connectivity index (χ3n) is 3.25. The number of nitrogens with one attached hydrogen (secondary N) is 1. The van der Waals surface area contributed by atoms with E-state index in [0.717, 1.165) is 24.6 Å². The highest BCUT2D eigenvalue weighted by atomic mass is 16.4. The van der Waals surface area contributed by atoms with Crippen LogP contribution >= 0.6 is 0 Å². The molecule has 2 rings (SSSR count). The Labute approximate surface area is 116 Å². The van der Waals surface area contributed by atoms with Crippen molar-refractivity contribution in [3.8, 4) is 0 Å². The van der Waals surface area contributed by atoms with E-state index in [1.807, 2.05) is 20.8 Å². The van der Waals surface area contributed by atoms with E-state index in [0.29, 0.717) is 11.7 Å². The molecule has 0 aliphatic carbocycles. The molecule has 1 aromatic heterocycles. The molecule has 110 valence electrons. The maximum Gasteiger partial charge on any atom is 0.196 e. The van der Waals surface area contributed by atoms with Gasteiger partial charge in [0.05, 0.1) is 0 Å². The zero-order valence-electron chi connectivity index (χ0n) is 12.9. The summed E-state index contributed by atoms with van der Waals surface area (Å²) in [5.41, 5.74) is -0.269. The van der Waals surface area contributed by atoms with Gasteiger partial charge in [-0.2, -0.15) is 0 Å². The highest BCUT2D eigenvalue weighted by Gasteiger charge is 2.25. The Morgan fingerprint density at radius 1 is 1.37 bits per heavy atom. The number of hydrogen-bond donors (Lipinski definition) is 2. The quantitative estimate of drug-likeness (QED) is 0.885. The summed E-state index contributed by atoms with van der Waals surface area (Å²) in [4.78, 5) is 4.42. The molecule has 1 saturated heterocycles. The van der Waals surface area contributed by atoms with Crippen molar-refractivity contribution < 1.29 is 9.52 Å². The van der Waals surface area contributed by atoms with Gasteiger partial charge < -0.3 is 14.8 Å². The Morgan fingerprint density at radius 3 is 2.53 bits per heavy atom. The molecule has 2 heterocycles. The molecule has 0 spiro atoms. The summed E-state index contributed by atoms with van der Waals surface area (Å²) in [5.74, 6) is 1.46. The number of rotatable bonds is 3. The standard InChI is InChI=1S/C13H22N2O2.C2H6/c1-9-12(13(2,3)16)15-11(17-9)8-10-6-4-5-7-14-10;1-2/h10,14,16H,4-8H2,1-3H3;1-2H3. The second-order valence-electron chi connectivity index (χ2n) is 5.42. The van der Waals surface area contributed by atoms with Crippen molar-refractivity contribution in [1.29, 1.82) is 0 Å². The Hall–Kier alpha value is -0.870. The Bertz CT molecular complexity index is 374. The molecule has 0 amide bonds. The maximum atomic E-state index is 9.95. The van der Waals surface area contributed by atoms with E-state index in [2.05, 4.69) is 10.3 Å². The van der Waals surface area contributed by atoms with Crippen molar-refractivity contribution in [3.63, 3.8) is 0 Å². The van der Waals surface area contributed by atoms with E-state index in [1.165, 1.54) is 19.3 Å². The van der Waals surface area contributed by atoms with E-state index < -0.39 is 5.60 Å². The van der Waals surface area contributed by atoms with Crippen LogP contribution in [0.3, 0.4) is 0 Å². The zero-order valence-corrected chi connectivity index (χ0v) is 12.9. The largest absolute Gasteiger partial charge is 0.446 e. The first kappa shape index (κ1) is 16.2. The number of oxazole rings is 1. The molecule has 0 aromatic carbocycles. The van der Waals surface area contributed by atoms with Gasteiger partial charge in [-0.05, 0) is 40.2 Å². The monoisotopic (exact) mass is 268 g/mol. The van der Waals surface area contributed by atoms with Crippen LogP contribution in [-0.2, 0) is 12.0 Å². The van der Waals surface area contributed by atoms with E-state index in [-0.39, 0.29) is 0 Å². The van der Waals surface area contributed by atoms with Crippen LogP contribution in [0.2, 0.25) is 0 Å². The molecule has 0 radical (unpaired) electrons. The van der Waals surface area contributed by atoms with Gasteiger partial charge in [-0.3, -0.25) is 0 Å². The summed E-state index contributed by atoms with van der Waals surface area (Å²) in [6.07, 6.45) is 4.53. The SMILES string of the molecule is CC.Cc1oc(CC2CCCCN2)nc1C(C)(C)O. The van der Waals surface area contributed by atoms with Crippen molar-refractivity contribution >= 4 is 0 Å². The lowest BCUT2D eigenvalue weighted by atomic mass is 10.0. The van der Waals surface area contributed by atoms with Gasteiger partial charge in [-0.15, -0.1) is 0 Å². The van der Waals surface area contributed by atoms with Crippen LogP contribution in [0.4, 0.5) is 0 Å². The van der Waals surface area contributed by atoms with E-state index >= 15 is 0 Å². The molecule has 1 unspecified atom stereocenters. The second-order valence-corrected chi connectivity index (χ2v) is 5.42. The molecule has 1 atom stereocenters. The van der Waals surface area contributed by atoms with Gasteiger partial charge in [-0.25, -0.2) is 4.98 Å². The van der Waals surface area contributed by atoms with Crippen LogP contribution in [-0.4, -0.2) is 22.7 Å². The molecule has 4 nitrogen and oxygen atoms in total. The lowest BCUT2D eigenvalue weighted by Gasteiger charge is -2.21. The average molecular weight is 268 g/mol. The predicted octanol–water partition coefficient (Wildman–Crippen LogP) is 2.92. The average Bonchev–Trinajstić information content (AvgIpc) is 2.74. The van der Waals surface area contributed by atoms with Crippen molar-refractivity contribution in [2.75, 3.05) is 6.54 Å². The van der Waals surface area contributed by atoms with Crippen LogP contribution in [0.25, 0.3) is 0 Å². The first-order valence-corrected chi connectivity index (χ1v) is 7.39. The van der Waals surface area contributed by atoms with E-state index in [9.17, 15) is 5.11 Å². The molecule has 0 saturated carbocycles. The number of aromatic nitrogens is 1. The third kappa shape index (κ3) is 4.62. The minimum Gasteiger partial charge on any atom is -0.446 e. The third-order valence-corrected chi connectivity index (χ3v) is 3.25. The maximum absolute atomic E-state index is 9.95. The molecule has 2 N–H and O–H groups in total. The molecular weight excluding hydrogens is 240 g/mol. The summed E-state index contributed by atoms with van der Waals surface area (Å²) in [6.45, 7) is 10.4. The molecular formula is C15H28N2O2. The van der Waals surface area contributed by atoms with Crippen LogP contribution in [0, 0.1) is 6.92 Å². The number of aryl methyl sites for hydroxylation is 1. The fourth-order valence-electron chi connectivity index (χ4n) is 2.42. The summed E-state index contributed by atoms with van der Waals surface area (Å²) in [5, 5.41) is 13.4. The minimum atomic E-state index is -0.925. The molecule has 19 heavy (non-hydrogen) atoms. The first-order chi connectivity index (χ1) is 8.97. The molecule has 1 fully saturated rings. The number of aliphatic hydroxyl groups is 1. The first-order valence-electron chi connectivity index (χ1n) is 7.39. The lowest BCUT2D eigenvalue weighted by molar-refractivity contribution is 0.0728.